The highest BCUT2D eigenvalue weighted by atomic mass is 79.9. The summed E-state index contributed by atoms with van der Waals surface area (Å²) in [6.07, 6.45) is 6.63. The third-order valence-electron chi connectivity index (χ3n) is 4.15. The molecular weight excluding hydrogens is 386 g/mol. The lowest BCUT2D eigenvalue weighted by atomic mass is 9.77. The maximum absolute atomic E-state index is 3.74. The number of benzene rings is 1. The Bertz CT molecular complexity index is 489. The van der Waals surface area contributed by atoms with Crippen molar-refractivity contribution in [1.29, 1.82) is 0 Å². The first kappa shape index (κ1) is 14.2. The number of alkyl halides is 1. The summed E-state index contributed by atoms with van der Waals surface area (Å²) in [6, 6.07) is 8.67. The molecule has 0 radical (unpaired) electrons. The van der Waals surface area contributed by atoms with Crippen molar-refractivity contribution in [3.05, 3.63) is 39.9 Å². The molecule has 0 saturated heterocycles. The second-order valence-electron chi connectivity index (χ2n) is 5.30. The van der Waals surface area contributed by atoms with E-state index in [9.17, 15) is 0 Å². The molecule has 1 aliphatic heterocycles. The van der Waals surface area contributed by atoms with Crippen molar-refractivity contribution in [3.63, 3.8) is 0 Å². The zero-order valence-corrected chi connectivity index (χ0v) is 14.7. The highest BCUT2D eigenvalue weighted by molar-refractivity contribution is 9.10. The van der Waals surface area contributed by atoms with Crippen LogP contribution in [-0.2, 0) is 0 Å². The molecule has 0 aromatic heterocycles. The van der Waals surface area contributed by atoms with Gasteiger partial charge in [-0.3, -0.25) is 0 Å². The van der Waals surface area contributed by atoms with Gasteiger partial charge in [-0.15, -0.1) is 0 Å². The van der Waals surface area contributed by atoms with E-state index < -0.39 is 0 Å². The van der Waals surface area contributed by atoms with Crippen LogP contribution in [0.25, 0.3) is 4.91 Å². The summed E-state index contributed by atoms with van der Waals surface area (Å²) in [5, 5.41) is 0.971. The Morgan fingerprint density at radius 3 is 2.42 bits per heavy atom. The maximum Gasteiger partial charge on any atom is 0.0517 e. The zero-order chi connectivity index (χ0) is 13.3. The van der Waals surface area contributed by atoms with Gasteiger partial charge >= 0.3 is 0 Å². The van der Waals surface area contributed by atoms with Crippen LogP contribution in [0, 0.1) is 0 Å². The highest BCUT2D eigenvalue weighted by Crippen LogP contribution is 2.48. The van der Waals surface area contributed by atoms with Crippen LogP contribution in [0.1, 0.15) is 37.7 Å². The van der Waals surface area contributed by atoms with Crippen molar-refractivity contribution in [2.24, 2.45) is 0 Å². The third-order valence-corrected chi connectivity index (χ3v) is 6.42. The molecule has 1 saturated carbocycles. The van der Waals surface area contributed by atoms with Gasteiger partial charge in [0.05, 0.1) is 5.54 Å². The van der Waals surface area contributed by atoms with Gasteiger partial charge in [-0.2, -0.15) is 0 Å². The van der Waals surface area contributed by atoms with Crippen molar-refractivity contribution in [1.82, 2.24) is 4.72 Å². The minimum atomic E-state index is 0.245. The van der Waals surface area contributed by atoms with E-state index in [0.29, 0.717) is 0 Å². The Balaban J connectivity index is 1.99. The van der Waals surface area contributed by atoms with E-state index in [0.717, 1.165) is 9.80 Å². The monoisotopic (exact) mass is 401 g/mol. The average Bonchev–Trinajstić information content (AvgIpc) is 2.78. The van der Waals surface area contributed by atoms with Gasteiger partial charge in [0.15, 0.2) is 0 Å². The molecule has 1 aromatic rings. The standard InChI is InChI=1S/C15H17Br2NS/c16-10-13-14(11-4-6-12(17)7-5-11)19-18-15(13)8-2-1-3-9-15/h4-7,18H,1-3,8-10H2. The highest BCUT2D eigenvalue weighted by Gasteiger charge is 2.41. The smallest absolute Gasteiger partial charge is 0.0517 e. The molecule has 1 heterocycles. The summed E-state index contributed by atoms with van der Waals surface area (Å²) in [5.74, 6) is 0. The zero-order valence-electron chi connectivity index (χ0n) is 10.7. The van der Waals surface area contributed by atoms with Crippen molar-refractivity contribution in [2.75, 3.05) is 5.33 Å². The minimum absolute atomic E-state index is 0.245. The van der Waals surface area contributed by atoms with Crippen LogP contribution in [0.2, 0.25) is 0 Å². The second kappa shape index (κ2) is 5.92. The molecule has 3 rings (SSSR count). The molecule has 1 aromatic carbocycles. The molecule has 1 aliphatic carbocycles. The topological polar surface area (TPSA) is 12.0 Å². The number of hydrogen-bond acceptors (Lipinski definition) is 2. The van der Waals surface area contributed by atoms with Crippen LogP contribution in [-0.4, -0.2) is 10.9 Å². The van der Waals surface area contributed by atoms with Crippen LogP contribution in [0.4, 0.5) is 0 Å². The Morgan fingerprint density at radius 2 is 1.79 bits per heavy atom. The van der Waals surface area contributed by atoms with Gasteiger partial charge in [-0.1, -0.05) is 63.3 Å². The lowest BCUT2D eigenvalue weighted by molar-refractivity contribution is 0.328. The molecule has 0 amide bonds. The Labute approximate surface area is 136 Å². The fraction of sp³-hybridized carbons (Fsp3) is 0.467. The molecule has 4 heteroatoms. The number of halogens is 2. The van der Waals surface area contributed by atoms with Gasteiger partial charge in [-0.25, -0.2) is 4.72 Å². The molecule has 19 heavy (non-hydrogen) atoms. The molecule has 2 aliphatic rings. The van der Waals surface area contributed by atoms with Gasteiger partial charge in [0.25, 0.3) is 0 Å². The first-order valence-electron chi connectivity index (χ1n) is 6.75. The predicted octanol–water partition coefficient (Wildman–Crippen LogP) is 5.51. The van der Waals surface area contributed by atoms with Gasteiger partial charge in [0, 0.05) is 14.7 Å². The minimum Gasteiger partial charge on any atom is -0.250 e. The first-order valence-corrected chi connectivity index (χ1v) is 9.48. The van der Waals surface area contributed by atoms with Crippen molar-refractivity contribution < 1.29 is 0 Å². The van der Waals surface area contributed by atoms with Crippen LogP contribution in [0.5, 0.6) is 0 Å². The molecule has 102 valence electrons. The average molecular weight is 403 g/mol. The second-order valence-corrected chi connectivity index (χ2v) is 7.59. The molecule has 0 bridgehead atoms. The molecule has 1 spiro atoms. The predicted molar refractivity (Wildman–Crippen MR) is 91.4 cm³/mol. The van der Waals surface area contributed by atoms with E-state index in [1.165, 1.54) is 42.6 Å². The molecule has 0 unspecified atom stereocenters. The summed E-state index contributed by atoms with van der Waals surface area (Å²) >= 11 is 9.05. The Morgan fingerprint density at radius 1 is 1.11 bits per heavy atom. The summed E-state index contributed by atoms with van der Waals surface area (Å²) < 4.78 is 4.88. The van der Waals surface area contributed by atoms with Gasteiger partial charge in [0.1, 0.15) is 0 Å². The van der Waals surface area contributed by atoms with Crippen molar-refractivity contribution >= 4 is 48.7 Å². The normalized spacial score (nSPS) is 22.2. The van der Waals surface area contributed by atoms with Gasteiger partial charge < -0.3 is 0 Å². The molecule has 1 N–H and O–H groups in total. The molecule has 0 atom stereocenters. The van der Waals surface area contributed by atoms with E-state index >= 15 is 0 Å². The number of rotatable bonds is 2. The lowest BCUT2D eigenvalue weighted by Gasteiger charge is -2.35. The van der Waals surface area contributed by atoms with Crippen LogP contribution in [0.15, 0.2) is 34.3 Å². The van der Waals surface area contributed by atoms with Crippen LogP contribution < -0.4 is 4.72 Å². The summed E-state index contributed by atoms with van der Waals surface area (Å²) in [6.45, 7) is 0. The lowest BCUT2D eigenvalue weighted by Crippen LogP contribution is -2.42. The van der Waals surface area contributed by atoms with Gasteiger partial charge in [-0.05, 0) is 48.1 Å². The van der Waals surface area contributed by atoms with Gasteiger partial charge in [0.2, 0.25) is 0 Å². The van der Waals surface area contributed by atoms with E-state index in [4.69, 9.17) is 0 Å². The fourth-order valence-electron chi connectivity index (χ4n) is 3.07. The summed E-state index contributed by atoms with van der Waals surface area (Å²) in [5.41, 5.74) is 3.13. The Kier molecular flexibility index (Phi) is 4.42. The Hall–Kier alpha value is 0.230. The molecular formula is C15H17Br2NS. The largest absolute Gasteiger partial charge is 0.250 e. The van der Waals surface area contributed by atoms with E-state index in [2.05, 4.69) is 60.8 Å². The first-order chi connectivity index (χ1) is 9.25. The number of hydrogen-bond donors (Lipinski definition) is 1. The van der Waals surface area contributed by atoms with E-state index in [1.807, 2.05) is 11.9 Å². The third kappa shape index (κ3) is 2.69. The molecule has 1 fully saturated rings. The SMILES string of the molecule is BrCC1=C(c2ccc(Br)cc2)SNC12CCCCC2. The van der Waals surface area contributed by atoms with Crippen LogP contribution in [0.3, 0.4) is 0 Å². The van der Waals surface area contributed by atoms with Crippen molar-refractivity contribution in [2.45, 2.75) is 37.6 Å². The van der Waals surface area contributed by atoms with E-state index in [-0.39, 0.29) is 5.54 Å². The van der Waals surface area contributed by atoms with E-state index in [1.54, 1.807) is 5.57 Å². The van der Waals surface area contributed by atoms with Crippen molar-refractivity contribution in [3.8, 4) is 0 Å². The fourth-order valence-corrected chi connectivity index (χ4v) is 5.61. The maximum atomic E-state index is 3.74. The summed E-state index contributed by atoms with van der Waals surface area (Å²) in [7, 11) is 0. The summed E-state index contributed by atoms with van der Waals surface area (Å²) in [4.78, 5) is 1.42. The molecule has 1 nitrogen and oxygen atoms in total. The quantitative estimate of drug-likeness (QED) is 0.517. The number of nitrogens with one attached hydrogen (secondary N) is 1. The van der Waals surface area contributed by atoms with Crippen LogP contribution >= 0.6 is 43.8 Å².